The van der Waals surface area contributed by atoms with Gasteiger partial charge in [0.05, 0.1) is 0 Å². The first-order valence-electron chi connectivity index (χ1n) is 9.11. The van der Waals surface area contributed by atoms with Crippen molar-refractivity contribution < 1.29 is 13.9 Å². The number of pyridine rings is 2. The van der Waals surface area contributed by atoms with Gasteiger partial charge in [0.2, 0.25) is 11.8 Å². The van der Waals surface area contributed by atoms with Gasteiger partial charge in [0.1, 0.15) is 12.4 Å². The number of amides is 1. The smallest absolute Gasteiger partial charge is 0.227 e. The lowest BCUT2D eigenvalue weighted by molar-refractivity contribution is -0.118. The molecule has 4 rings (SSSR count). The molecule has 3 aromatic rings. The van der Waals surface area contributed by atoms with E-state index in [9.17, 15) is 9.18 Å². The zero-order valence-electron chi connectivity index (χ0n) is 15.8. The van der Waals surface area contributed by atoms with E-state index in [4.69, 9.17) is 4.74 Å². The molecule has 0 fully saturated rings. The number of rotatable bonds is 4. The fourth-order valence-electron chi connectivity index (χ4n) is 3.35. The lowest BCUT2D eigenvalue weighted by Gasteiger charge is -2.26. The second-order valence-corrected chi connectivity index (χ2v) is 6.90. The summed E-state index contributed by atoms with van der Waals surface area (Å²) in [6.07, 6.45) is 4.38. The van der Waals surface area contributed by atoms with Gasteiger partial charge in [-0.1, -0.05) is 6.07 Å². The highest BCUT2D eigenvalue weighted by Gasteiger charge is 2.23. The minimum absolute atomic E-state index is 0.00483. The first-order valence-corrected chi connectivity index (χ1v) is 9.11. The minimum Gasteiger partial charge on any atom is -0.473 e. The van der Waals surface area contributed by atoms with E-state index < -0.39 is 0 Å². The Morgan fingerprint density at radius 2 is 2.04 bits per heavy atom. The number of hydrogen-bond acceptors (Lipinski definition) is 4. The number of hydrogen-bond donors (Lipinski definition) is 0. The van der Waals surface area contributed by atoms with E-state index in [0.717, 1.165) is 16.8 Å². The van der Waals surface area contributed by atoms with Gasteiger partial charge in [0, 0.05) is 60.0 Å². The molecular formula is C22H20FN3O2. The van der Waals surface area contributed by atoms with Crippen LogP contribution in [-0.2, 0) is 17.8 Å². The monoisotopic (exact) mass is 377 g/mol. The molecule has 5 nitrogen and oxygen atoms in total. The highest BCUT2D eigenvalue weighted by Crippen LogP contribution is 2.33. The number of carbonyl (C=O) groups excluding carboxylic acids is 1. The fourth-order valence-corrected chi connectivity index (χ4v) is 3.35. The van der Waals surface area contributed by atoms with Gasteiger partial charge in [-0.3, -0.25) is 9.78 Å². The van der Waals surface area contributed by atoms with Crippen LogP contribution in [0.15, 0.2) is 48.8 Å². The van der Waals surface area contributed by atoms with E-state index in [1.165, 1.54) is 11.0 Å². The number of carbonyl (C=O) groups is 1. The van der Waals surface area contributed by atoms with E-state index in [2.05, 4.69) is 9.97 Å². The van der Waals surface area contributed by atoms with E-state index in [1.807, 2.05) is 31.2 Å². The van der Waals surface area contributed by atoms with Crippen LogP contribution < -0.4 is 9.64 Å². The number of halogens is 1. The van der Waals surface area contributed by atoms with Gasteiger partial charge in [-0.25, -0.2) is 9.37 Å². The molecule has 0 saturated heterocycles. The lowest BCUT2D eigenvalue weighted by Crippen LogP contribution is -2.31. The minimum atomic E-state index is -0.375. The highest BCUT2D eigenvalue weighted by atomic mass is 19.1. The molecule has 0 radical (unpaired) electrons. The summed E-state index contributed by atoms with van der Waals surface area (Å²) in [6.45, 7) is 2.19. The third kappa shape index (κ3) is 3.58. The third-order valence-electron chi connectivity index (χ3n) is 4.87. The molecule has 28 heavy (non-hydrogen) atoms. The molecule has 0 saturated carbocycles. The van der Waals surface area contributed by atoms with Crippen molar-refractivity contribution in [3.05, 3.63) is 71.4 Å². The van der Waals surface area contributed by atoms with Crippen LogP contribution in [0, 0.1) is 12.7 Å². The van der Waals surface area contributed by atoms with Crippen LogP contribution >= 0.6 is 0 Å². The summed E-state index contributed by atoms with van der Waals surface area (Å²) in [6, 6.07) is 10.7. The Kier molecular flexibility index (Phi) is 4.77. The Morgan fingerprint density at radius 1 is 1.18 bits per heavy atom. The van der Waals surface area contributed by atoms with Gasteiger partial charge < -0.3 is 9.64 Å². The molecule has 0 spiro atoms. The highest BCUT2D eigenvalue weighted by molar-refractivity contribution is 5.96. The quantitative estimate of drug-likeness (QED) is 0.688. The lowest BCUT2D eigenvalue weighted by atomic mass is 9.96. The molecule has 1 aliphatic rings. The van der Waals surface area contributed by atoms with Crippen molar-refractivity contribution in [3.63, 3.8) is 0 Å². The molecule has 0 atom stereocenters. The molecule has 142 valence electrons. The molecule has 1 aromatic carbocycles. The molecule has 0 unspecified atom stereocenters. The first-order chi connectivity index (χ1) is 13.5. The standard InChI is InChI=1S/C22H20FN3O2/c1-14-4-3-5-21(25-14)28-13-15-8-17(12-24-11-15)18-9-16-6-7-22(27)26(2)20(16)10-19(18)23/h3-5,8-12H,6-7,13H2,1-2H3. The summed E-state index contributed by atoms with van der Waals surface area (Å²) >= 11 is 0. The molecule has 1 amide bonds. The van der Waals surface area contributed by atoms with E-state index in [-0.39, 0.29) is 11.7 Å². The van der Waals surface area contributed by atoms with Crippen molar-refractivity contribution in [2.24, 2.45) is 0 Å². The number of anilines is 1. The average Bonchev–Trinajstić information content (AvgIpc) is 2.70. The Balaban J connectivity index is 1.60. The Morgan fingerprint density at radius 3 is 2.86 bits per heavy atom. The van der Waals surface area contributed by atoms with Gasteiger partial charge in [-0.05, 0) is 43.2 Å². The molecule has 0 bridgehead atoms. The second-order valence-electron chi connectivity index (χ2n) is 6.90. The molecule has 3 heterocycles. The molecular weight excluding hydrogens is 357 g/mol. The molecule has 1 aliphatic heterocycles. The normalized spacial score (nSPS) is 13.4. The Hall–Kier alpha value is -3.28. The van der Waals surface area contributed by atoms with Crippen LogP contribution in [0.1, 0.15) is 23.2 Å². The average molecular weight is 377 g/mol. The third-order valence-corrected chi connectivity index (χ3v) is 4.87. The van der Waals surface area contributed by atoms with Crippen LogP contribution in [0.4, 0.5) is 10.1 Å². The van der Waals surface area contributed by atoms with Crippen LogP contribution in [-0.4, -0.2) is 22.9 Å². The predicted molar refractivity (Wildman–Crippen MR) is 105 cm³/mol. The summed E-state index contributed by atoms with van der Waals surface area (Å²) in [7, 11) is 1.68. The van der Waals surface area contributed by atoms with E-state index in [1.54, 1.807) is 25.5 Å². The second kappa shape index (κ2) is 7.38. The number of fused-ring (bicyclic) bond motifs is 1. The zero-order chi connectivity index (χ0) is 19.7. The largest absolute Gasteiger partial charge is 0.473 e. The van der Waals surface area contributed by atoms with Crippen LogP contribution in [0.3, 0.4) is 0 Å². The van der Waals surface area contributed by atoms with Gasteiger partial charge in [-0.2, -0.15) is 0 Å². The van der Waals surface area contributed by atoms with Crippen molar-refractivity contribution in [2.75, 3.05) is 11.9 Å². The van der Waals surface area contributed by atoms with Crippen LogP contribution in [0.25, 0.3) is 11.1 Å². The SMILES string of the molecule is Cc1cccc(OCc2cncc(-c3cc4c(cc3F)N(C)C(=O)CC4)c2)n1. The molecule has 0 aliphatic carbocycles. The molecule has 6 heteroatoms. The van der Waals surface area contributed by atoms with E-state index >= 15 is 0 Å². The van der Waals surface area contributed by atoms with E-state index in [0.29, 0.717) is 42.1 Å². The number of ether oxygens (including phenoxy) is 1. The molecule has 2 aromatic heterocycles. The Bertz CT molecular complexity index is 1050. The summed E-state index contributed by atoms with van der Waals surface area (Å²) in [5, 5.41) is 0. The van der Waals surface area contributed by atoms with Crippen molar-refractivity contribution in [1.29, 1.82) is 0 Å². The maximum Gasteiger partial charge on any atom is 0.227 e. The maximum absolute atomic E-state index is 14.8. The molecule has 0 N–H and O–H groups in total. The van der Waals surface area contributed by atoms with Gasteiger partial charge in [0.25, 0.3) is 0 Å². The number of aryl methyl sites for hydroxylation is 2. The summed E-state index contributed by atoms with van der Waals surface area (Å²) < 4.78 is 20.5. The van der Waals surface area contributed by atoms with Crippen molar-refractivity contribution in [3.8, 4) is 17.0 Å². The number of benzene rings is 1. The predicted octanol–water partition coefficient (Wildman–Crippen LogP) is 4.08. The summed E-state index contributed by atoms with van der Waals surface area (Å²) in [5.41, 5.74) is 4.46. The first kappa shape index (κ1) is 18.1. The number of nitrogens with zero attached hydrogens (tertiary/aromatic N) is 3. The zero-order valence-corrected chi connectivity index (χ0v) is 15.8. The number of aromatic nitrogens is 2. The van der Waals surface area contributed by atoms with Gasteiger partial charge in [-0.15, -0.1) is 0 Å². The van der Waals surface area contributed by atoms with Gasteiger partial charge >= 0.3 is 0 Å². The van der Waals surface area contributed by atoms with Crippen LogP contribution in [0.5, 0.6) is 5.88 Å². The Labute approximate surface area is 162 Å². The van der Waals surface area contributed by atoms with Gasteiger partial charge in [0.15, 0.2) is 0 Å². The maximum atomic E-state index is 14.8. The summed E-state index contributed by atoms with van der Waals surface area (Å²) in [4.78, 5) is 21.9. The summed E-state index contributed by atoms with van der Waals surface area (Å²) in [5.74, 6) is 0.170. The van der Waals surface area contributed by atoms with Crippen LogP contribution in [0.2, 0.25) is 0 Å². The van der Waals surface area contributed by atoms with Crippen molar-refractivity contribution in [1.82, 2.24) is 9.97 Å². The van der Waals surface area contributed by atoms with Crippen molar-refractivity contribution in [2.45, 2.75) is 26.4 Å². The topological polar surface area (TPSA) is 55.3 Å². The fraction of sp³-hybridized carbons (Fsp3) is 0.227. The van der Waals surface area contributed by atoms with Crippen molar-refractivity contribution >= 4 is 11.6 Å².